The van der Waals surface area contributed by atoms with Crippen LogP contribution < -0.4 is 22.9 Å². The third-order valence-electron chi connectivity index (χ3n) is 0.671. The molecule has 0 heterocycles. The topological polar surface area (TPSA) is 188 Å². The fraction of sp³-hybridized carbons (Fsp3) is 0. The van der Waals surface area contributed by atoms with Gasteiger partial charge in [0.1, 0.15) is 0 Å². The summed E-state index contributed by atoms with van der Waals surface area (Å²) in [6, 6.07) is -2.27. The Morgan fingerprint density at radius 2 is 1.00 bits per heavy atom. The molecule has 4 amide bonds. The molecule has 0 aromatic carbocycles. The molecule has 0 unspecified atom stereocenters. The van der Waals surface area contributed by atoms with E-state index in [0.717, 1.165) is 0 Å². The Bertz CT molecular complexity index is 288. The Kier molecular flexibility index (Phi) is 4.25. The molecule has 0 bridgehead atoms. The normalized spacial score (nSPS) is 9.43. The van der Waals surface area contributed by atoms with Crippen molar-refractivity contribution in [2.75, 3.05) is 0 Å². The van der Waals surface area contributed by atoms with E-state index < -0.39 is 24.0 Å². The van der Waals surface area contributed by atoms with Gasteiger partial charge < -0.3 is 22.9 Å². The second-order valence-corrected chi connectivity index (χ2v) is 1.84. The molecule has 0 spiro atoms. The smallest absolute Gasteiger partial charge is 0.370 e. The number of aliphatic imine (C=N–C) groups is 2. The zero-order valence-corrected chi connectivity index (χ0v) is 6.91. The number of azo groups is 1. The molecular formula is C4H8N8O2. The molecule has 0 radical (unpaired) electrons. The molecule has 0 rings (SSSR count). The molecule has 0 saturated carbocycles. The van der Waals surface area contributed by atoms with Gasteiger partial charge in [0.05, 0.1) is 0 Å². The predicted molar refractivity (Wildman–Crippen MR) is 47.3 cm³/mol. The van der Waals surface area contributed by atoms with E-state index in [2.05, 4.69) is 20.2 Å². The summed E-state index contributed by atoms with van der Waals surface area (Å²) < 4.78 is 0. The lowest BCUT2D eigenvalue weighted by atomic mass is 10.9. The number of guanidine groups is 2. The molecule has 0 aliphatic carbocycles. The highest BCUT2D eigenvalue weighted by molar-refractivity contribution is 5.93. The van der Waals surface area contributed by atoms with Gasteiger partial charge in [-0.2, -0.15) is 9.98 Å². The number of nitrogens with two attached hydrogens (primary N) is 4. The number of hydrogen-bond acceptors (Lipinski definition) is 2. The van der Waals surface area contributed by atoms with Crippen LogP contribution in [0.3, 0.4) is 0 Å². The summed E-state index contributed by atoms with van der Waals surface area (Å²) in [5.41, 5.74) is 19.3. The molecule has 0 aliphatic rings. The minimum atomic E-state index is -1.14. The second kappa shape index (κ2) is 5.18. The fourth-order valence-corrected chi connectivity index (χ4v) is 0.351. The highest BCUT2D eigenvalue weighted by Crippen LogP contribution is 1.87. The Hall–Kier alpha value is -2.52. The van der Waals surface area contributed by atoms with E-state index in [1.807, 2.05) is 0 Å². The van der Waals surface area contributed by atoms with Crippen LogP contribution in [0.5, 0.6) is 0 Å². The van der Waals surface area contributed by atoms with Crippen LogP contribution in [0.2, 0.25) is 0 Å². The third-order valence-corrected chi connectivity index (χ3v) is 0.671. The second-order valence-electron chi connectivity index (χ2n) is 1.84. The molecule has 10 nitrogen and oxygen atoms in total. The summed E-state index contributed by atoms with van der Waals surface area (Å²) >= 11 is 0. The van der Waals surface area contributed by atoms with Gasteiger partial charge in [-0.15, -0.1) is 0 Å². The van der Waals surface area contributed by atoms with Crippen molar-refractivity contribution in [1.29, 1.82) is 0 Å². The SMILES string of the molecule is NC(N)=NC(=O)N=NC(=O)N=C(N)N. The minimum absolute atomic E-state index is 0.497. The van der Waals surface area contributed by atoms with Crippen LogP contribution >= 0.6 is 0 Å². The number of amides is 4. The van der Waals surface area contributed by atoms with Gasteiger partial charge in [0.25, 0.3) is 0 Å². The molecule has 0 saturated heterocycles. The van der Waals surface area contributed by atoms with Crippen molar-refractivity contribution >= 4 is 24.0 Å². The highest BCUT2D eigenvalue weighted by Gasteiger charge is 1.99. The van der Waals surface area contributed by atoms with Crippen molar-refractivity contribution in [3.05, 3.63) is 0 Å². The maximum absolute atomic E-state index is 10.6. The summed E-state index contributed by atoms with van der Waals surface area (Å²) in [5, 5.41) is 5.58. The quantitative estimate of drug-likeness (QED) is 0.203. The van der Waals surface area contributed by atoms with E-state index in [0.29, 0.717) is 0 Å². The van der Waals surface area contributed by atoms with Gasteiger partial charge in [-0.25, -0.2) is 9.59 Å². The third kappa shape index (κ3) is 6.21. The van der Waals surface area contributed by atoms with Crippen LogP contribution in [0, 0.1) is 0 Å². The zero-order chi connectivity index (χ0) is 11.1. The lowest BCUT2D eigenvalue weighted by Gasteiger charge is -1.86. The average molecular weight is 200 g/mol. The first kappa shape index (κ1) is 11.5. The first-order valence-electron chi connectivity index (χ1n) is 3.10. The van der Waals surface area contributed by atoms with E-state index in [9.17, 15) is 9.59 Å². The highest BCUT2D eigenvalue weighted by atomic mass is 16.2. The lowest BCUT2D eigenvalue weighted by molar-refractivity contribution is 0.249. The van der Waals surface area contributed by atoms with Crippen LogP contribution in [-0.2, 0) is 0 Å². The van der Waals surface area contributed by atoms with Crippen molar-refractivity contribution < 1.29 is 9.59 Å². The zero-order valence-electron chi connectivity index (χ0n) is 6.91. The lowest BCUT2D eigenvalue weighted by Crippen LogP contribution is -2.24. The summed E-state index contributed by atoms with van der Waals surface area (Å²) in [6.45, 7) is 0. The van der Waals surface area contributed by atoms with Crippen molar-refractivity contribution in [2.45, 2.75) is 0 Å². The summed E-state index contributed by atoms with van der Waals surface area (Å²) in [7, 11) is 0. The summed E-state index contributed by atoms with van der Waals surface area (Å²) in [4.78, 5) is 27.0. The minimum Gasteiger partial charge on any atom is -0.370 e. The summed E-state index contributed by atoms with van der Waals surface area (Å²) in [5.74, 6) is -0.994. The Morgan fingerprint density at radius 3 is 1.21 bits per heavy atom. The summed E-state index contributed by atoms with van der Waals surface area (Å²) in [6.07, 6.45) is 0. The fourth-order valence-electron chi connectivity index (χ4n) is 0.351. The van der Waals surface area contributed by atoms with Crippen LogP contribution in [0.15, 0.2) is 20.2 Å². The maximum atomic E-state index is 10.6. The van der Waals surface area contributed by atoms with E-state index in [1.54, 1.807) is 0 Å². The van der Waals surface area contributed by atoms with Gasteiger partial charge in [0.2, 0.25) is 0 Å². The number of urea groups is 2. The van der Waals surface area contributed by atoms with Crippen molar-refractivity contribution in [1.82, 2.24) is 0 Å². The molecule has 0 fully saturated rings. The number of nitrogens with zero attached hydrogens (tertiary/aromatic N) is 4. The van der Waals surface area contributed by atoms with E-state index in [1.165, 1.54) is 0 Å². The Labute approximate surface area is 77.8 Å². The number of carbonyl (C=O) groups excluding carboxylic acids is 2. The Morgan fingerprint density at radius 1 is 0.714 bits per heavy atom. The van der Waals surface area contributed by atoms with Crippen LogP contribution in [0.25, 0.3) is 0 Å². The van der Waals surface area contributed by atoms with Crippen molar-refractivity contribution in [3.63, 3.8) is 0 Å². The van der Waals surface area contributed by atoms with Crippen LogP contribution in [0.1, 0.15) is 0 Å². The number of carbonyl (C=O) groups is 2. The van der Waals surface area contributed by atoms with Crippen molar-refractivity contribution in [2.24, 2.45) is 43.1 Å². The molecule has 0 aromatic rings. The average Bonchev–Trinajstić information content (AvgIpc) is 1.98. The van der Waals surface area contributed by atoms with Crippen molar-refractivity contribution in [3.8, 4) is 0 Å². The van der Waals surface area contributed by atoms with E-state index in [-0.39, 0.29) is 0 Å². The molecule has 0 aromatic heterocycles. The molecule has 14 heavy (non-hydrogen) atoms. The first-order valence-corrected chi connectivity index (χ1v) is 3.10. The van der Waals surface area contributed by atoms with Crippen LogP contribution in [-0.4, -0.2) is 24.0 Å². The monoisotopic (exact) mass is 200 g/mol. The molecule has 0 aliphatic heterocycles. The van der Waals surface area contributed by atoms with Gasteiger partial charge in [0, 0.05) is 0 Å². The van der Waals surface area contributed by atoms with E-state index >= 15 is 0 Å². The Balaban J connectivity index is 4.33. The van der Waals surface area contributed by atoms with Gasteiger partial charge in [-0.05, 0) is 0 Å². The standard InChI is InChI=1S/C4H8N8O2/c5-1(6)9-3(13)11-12-4(14)10-2(7)8/h(H4,5,6,9,13)(H4,7,8,10,14). The first-order chi connectivity index (χ1) is 6.41. The maximum Gasteiger partial charge on any atom is 0.389 e. The molecule has 76 valence electrons. The van der Waals surface area contributed by atoms with Crippen LogP contribution in [0.4, 0.5) is 9.59 Å². The molecule has 8 N–H and O–H groups in total. The predicted octanol–water partition coefficient (Wildman–Crippen LogP) is -1.77. The van der Waals surface area contributed by atoms with Gasteiger partial charge in [0.15, 0.2) is 11.9 Å². The van der Waals surface area contributed by atoms with Gasteiger partial charge in [-0.1, -0.05) is 10.2 Å². The molecule has 10 heteroatoms. The van der Waals surface area contributed by atoms with E-state index in [4.69, 9.17) is 22.9 Å². The number of hydrogen-bond donors (Lipinski definition) is 4. The molecular weight excluding hydrogens is 192 g/mol. The van der Waals surface area contributed by atoms with Gasteiger partial charge in [-0.3, -0.25) is 0 Å². The largest absolute Gasteiger partial charge is 0.389 e. The van der Waals surface area contributed by atoms with Gasteiger partial charge >= 0.3 is 12.1 Å². The number of rotatable bonds is 0. The molecule has 0 atom stereocenters.